The first-order valence-electron chi connectivity index (χ1n) is 10.4. The van der Waals surface area contributed by atoms with Gasteiger partial charge in [-0.3, -0.25) is 24.6 Å². The van der Waals surface area contributed by atoms with Crippen molar-refractivity contribution in [1.29, 1.82) is 0 Å². The maximum absolute atomic E-state index is 13.0. The number of likely N-dealkylation sites (N-methyl/N-ethyl adjacent to an activating group) is 2. The molecule has 1 aromatic rings. The molecule has 2 aliphatic rings. The summed E-state index contributed by atoms with van der Waals surface area (Å²) in [5.41, 5.74) is 0.634. The number of amides is 2. The molecule has 0 spiro atoms. The summed E-state index contributed by atoms with van der Waals surface area (Å²) >= 11 is 1.29. The van der Waals surface area contributed by atoms with Crippen LogP contribution in [0.25, 0.3) is 0 Å². The van der Waals surface area contributed by atoms with Crippen molar-refractivity contribution in [2.75, 3.05) is 33.7 Å². The molecule has 0 bridgehead atoms. The number of nitrogens with zero attached hydrogens (tertiary/aromatic N) is 4. The topological polar surface area (TPSA) is 113 Å². The van der Waals surface area contributed by atoms with Gasteiger partial charge in [-0.1, -0.05) is 11.8 Å². The van der Waals surface area contributed by atoms with Crippen molar-refractivity contribution in [2.24, 2.45) is 0 Å². The van der Waals surface area contributed by atoms with E-state index in [1.165, 1.54) is 28.8 Å². The molecule has 2 saturated heterocycles. The summed E-state index contributed by atoms with van der Waals surface area (Å²) in [5.74, 6) is 0.0364. The highest BCUT2D eigenvalue weighted by atomic mass is 32.2. The first kappa shape index (κ1) is 24.0. The van der Waals surface area contributed by atoms with Gasteiger partial charge in [-0.05, 0) is 37.6 Å². The van der Waals surface area contributed by atoms with Crippen LogP contribution in [0.5, 0.6) is 0 Å². The average Bonchev–Trinajstić information content (AvgIpc) is 3.37. The molecule has 3 atom stereocenters. The van der Waals surface area contributed by atoms with Crippen LogP contribution in [-0.4, -0.2) is 87.8 Å². The number of thioether (sulfide) groups is 1. The van der Waals surface area contributed by atoms with Crippen LogP contribution < -0.4 is 0 Å². The molecule has 0 unspecified atom stereocenters. The fourth-order valence-electron chi connectivity index (χ4n) is 4.14. The molecule has 3 rings (SSSR count). The van der Waals surface area contributed by atoms with E-state index < -0.39 is 11.0 Å². The van der Waals surface area contributed by atoms with E-state index in [-0.39, 0.29) is 40.7 Å². The second kappa shape index (κ2) is 10.3. The van der Waals surface area contributed by atoms with Crippen molar-refractivity contribution >= 4 is 34.6 Å². The number of carbonyl (C=O) groups excluding carboxylic acids is 3. The fraction of sp³-hybridized carbons (Fsp3) is 0.571. The molecule has 2 fully saturated rings. The molecule has 11 heteroatoms. The van der Waals surface area contributed by atoms with Gasteiger partial charge in [-0.2, -0.15) is 0 Å². The van der Waals surface area contributed by atoms with Crippen LogP contribution in [-0.2, 0) is 20.9 Å². The van der Waals surface area contributed by atoms with Crippen molar-refractivity contribution in [3.63, 3.8) is 0 Å². The lowest BCUT2D eigenvalue weighted by Crippen LogP contribution is -2.45. The largest absolute Gasteiger partial charge is 0.445 e. The number of non-ortho nitro benzene ring substituents is 1. The molecule has 1 aromatic carbocycles. The first-order valence-corrected chi connectivity index (χ1v) is 11.3. The number of carbonyl (C=O) groups is 3. The summed E-state index contributed by atoms with van der Waals surface area (Å²) in [4.78, 5) is 52.4. The van der Waals surface area contributed by atoms with E-state index in [2.05, 4.69) is 0 Å². The molecule has 0 aromatic heterocycles. The highest BCUT2D eigenvalue weighted by molar-refractivity contribution is 8.14. The third-order valence-electron chi connectivity index (χ3n) is 5.95. The Labute approximate surface area is 191 Å². The summed E-state index contributed by atoms with van der Waals surface area (Å²) in [5, 5.41) is 10.9. The minimum Gasteiger partial charge on any atom is -0.445 e. The fourth-order valence-corrected chi connectivity index (χ4v) is 5.20. The number of benzene rings is 1. The van der Waals surface area contributed by atoms with E-state index in [1.807, 2.05) is 11.9 Å². The maximum atomic E-state index is 13.0. The summed E-state index contributed by atoms with van der Waals surface area (Å²) in [6.07, 6.45) is 0.809. The van der Waals surface area contributed by atoms with Crippen LogP contribution in [0.2, 0.25) is 0 Å². The number of hydrogen-bond acceptors (Lipinski definition) is 8. The first-order chi connectivity index (χ1) is 15.2. The molecule has 2 amide bonds. The zero-order valence-corrected chi connectivity index (χ0v) is 19.2. The Morgan fingerprint density at radius 3 is 2.56 bits per heavy atom. The zero-order valence-electron chi connectivity index (χ0n) is 18.4. The third kappa shape index (κ3) is 5.77. The van der Waals surface area contributed by atoms with Crippen molar-refractivity contribution < 1.29 is 24.0 Å². The lowest BCUT2D eigenvalue weighted by atomic mass is 10.2. The number of hydrogen-bond donors (Lipinski definition) is 0. The highest BCUT2D eigenvalue weighted by Gasteiger charge is 2.40. The predicted octanol–water partition coefficient (Wildman–Crippen LogP) is 2.12. The van der Waals surface area contributed by atoms with Crippen LogP contribution in [0, 0.1) is 10.1 Å². The molecule has 0 radical (unpaired) electrons. The second-order valence-corrected chi connectivity index (χ2v) is 9.72. The maximum Gasteiger partial charge on any atom is 0.410 e. The van der Waals surface area contributed by atoms with E-state index in [1.54, 1.807) is 31.0 Å². The molecule has 0 aliphatic carbocycles. The number of likely N-dealkylation sites (tertiary alicyclic amines) is 2. The van der Waals surface area contributed by atoms with Crippen molar-refractivity contribution in [3.05, 3.63) is 39.9 Å². The molecule has 10 nitrogen and oxygen atoms in total. The smallest absolute Gasteiger partial charge is 0.410 e. The number of nitro benzene ring substituents is 1. The van der Waals surface area contributed by atoms with Gasteiger partial charge in [0.1, 0.15) is 6.61 Å². The Morgan fingerprint density at radius 2 is 1.94 bits per heavy atom. The van der Waals surface area contributed by atoms with E-state index in [0.29, 0.717) is 38.0 Å². The van der Waals surface area contributed by atoms with Gasteiger partial charge in [0.2, 0.25) is 5.91 Å². The molecule has 32 heavy (non-hydrogen) atoms. The second-order valence-electron chi connectivity index (χ2n) is 8.24. The Morgan fingerprint density at radius 1 is 1.25 bits per heavy atom. The van der Waals surface area contributed by atoms with Gasteiger partial charge >= 0.3 is 6.09 Å². The normalized spacial score (nSPS) is 23.2. The highest BCUT2D eigenvalue weighted by Crippen LogP contribution is 2.29. The summed E-state index contributed by atoms with van der Waals surface area (Å²) in [7, 11) is 3.55. The molecular weight excluding hydrogens is 436 g/mol. The number of ether oxygens (including phenoxy) is 1. The Hall–Kier alpha value is -2.66. The summed E-state index contributed by atoms with van der Waals surface area (Å²) in [6, 6.07) is 5.45. The van der Waals surface area contributed by atoms with Gasteiger partial charge in [0.15, 0.2) is 5.12 Å². The lowest BCUT2D eigenvalue weighted by molar-refractivity contribution is -0.384. The minimum atomic E-state index is -0.501. The molecule has 0 N–H and O–H groups in total. The summed E-state index contributed by atoms with van der Waals surface area (Å²) < 4.78 is 5.34. The van der Waals surface area contributed by atoms with Crippen LogP contribution in [0.3, 0.4) is 0 Å². The van der Waals surface area contributed by atoms with Gasteiger partial charge in [0.05, 0.1) is 17.0 Å². The van der Waals surface area contributed by atoms with E-state index in [9.17, 15) is 24.5 Å². The SMILES string of the molecule is CC(=O)S[C@H]1C[C@@H](C(=O)N2CC[C@H](N(C)C(=O)OCc3ccc([N+](=O)[O-])cc3)C2)N(C)C1. The number of rotatable bonds is 6. The molecule has 2 heterocycles. The van der Waals surface area contributed by atoms with Gasteiger partial charge < -0.3 is 14.5 Å². The summed E-state index contributed by atoms with van der Waals surface area (Å²) in [6.45, 7) is 3.27. The Balaban J connectivity index is 1.48. The molecule has 2 aliphatic heterocycles. The van der Waals surface area contributed by atoms with Crippen LogP contribution in [0.4, 0.5) is 10.5 Å². The predicted molar refractivity (Wildman–Crippen MR) is 119 cm³/mol. The quantitative estimate of drug-likeness (QED) is 0.465. The van der Waals surface area contributed by atoms with E-state index in [0.717, 1.165) is 0 Å². The minimum absolute atomic E-state index is 0.0125. The standard InChI is InChI=1S/C21H28N4O6S/c1-14(26)32-18-10-19(22(2)12-18)20(27)24-9-8-17(11-24)23(3)21(28)31-13-15-4-6-16(7-5-15)25(29)30/h4-7,17-19H,8-13H2,1-3H3/t17-,18-,19-/m0/s1. The van der Waals surface area contributed by atoms with Crippen LogP contribution in [0.1, 0.15) is 25.3 Å². The van der Waals surface area contributed by atoms with Crippen LogP contribution >= 0.6 is 11.8 Å². The Bertz CT molecular complexity index is 880. The number of nitro groups is 1. The van der Waals surface area contributed by atoms with Crippen LogP contribution in [0.15, 0.2) is 24.3 Å². The monoisotopic (exact) mass is 464 g/mol. The van der Waals surface area contributed by atoms with Crippen molar-refractivity contribution in [3.8, 4) is 0 Å². The molecule has 174 valence electrons. The molecule has 0 saturated carbocycles. The molecular formula is C21H28N4O6S. The van der Waals surface area contributed by atoms with E-state index >= 15 is 0 Å². The van der Waals surface area contributed by atoms with E-state index in [4.69, 9.17) is 4.74 Å². The third-order valence-corrected chi connectivity index (χ3v) is 6.95. The van der Waals surface area contributed by atoms with Crippen molar-refractivity contribution in [2.45, 2.75) is 43.7 Å². The van der Waals surface area contributed by atoms with Gasteiger partial charge in [-0.25, -0.2) is 4.79 Å². The van der Waals surface area contributed by atoms with Gasteiger partial charge in [-0.15, -0.1) is 0 Å². The average molecular weight is 465 g/mol. The van der Waals surface area contributed by atoms with Gasteiger partial charge in [0, 0.05) is 51.0 Å². The van der Waals surface area contributed by atoms with Gasteiger partial charge in [0.25, 0.3) is 5.69 Å². The zero-order chi connectivity index (χ0) is 23.4. The lowest BCUT2D eigenvalue weighted by Gasteiger charge is -2.27. The Kier molecular flexibility index (Phi) is 7.73. The van der Waals surface area contributed by atoms with Crippen molar-refractivity contribution in [1.82, 2.24) is 14.7 Å².